The number of fused-ring (bicyclic) bond motifs is 1. The van der Waals surface area contributed by atoms with Gasteiger partial charge in [-0.15, -0.1) is 12.4 Å². The summed E-state index contributed by atoms with van der Waals surface area (Å²) in [4.78, 5) is 17.3. The molecule has 0 aromatic carbocycles. The van der Waals surface area contributed by atoms with Crippen LogP contribution in [0.3, 0.4) is 0 Å². The number of rotatable bonds is 1. The number of anilines is 1. The maximum absolute atomic E-state index is 12.0. The second-order valence-electron chi connectivity index (χ2n) is 4.51. The lowest BCUT2D eigenvalue weighted by atomic mass is 10.2. The highest BCUT2D eigenvalue weighted by molar-refractivity contribution is 7.90. The van der Waals surface area contributed by atoms with Crippen LogP contribution >= 0.6 is 12.4 Å². The zero-order valence-corrected chi connectivity index (χ0v) is 12.9. The van der Waals surface area contributed by atoms with E-state index in [1.165, 1.54) is 24.2 Å². The Morgan fingerprint density at radius 3 is 2.60 bits per heavy atom. The van der Waals surface area contributed by atoms with Crippen molar-refractivity contribution in [1.82, 2.24) is 4.98 Å². The maximum Gasteiger partial charge on any atom is 0.248 e. The van der Waals surface area contributed by atoms with Crippen molar-refractivity contribution < 1.29 is 17.9 Å². The fourth-order valence-electron chi connectivity index (χ4n) is 1.76. The average Bonchev–Trinajstić information content (AvgIpc) is 2.41. The second-order valence-corrected chi connectivity index (χ2v) is 6.53. The van der Waals surface area contributed by atoms with Gasteiger partial charge in [0.1, 0.15) is 12.1 Å². The smallest absolute Gasteiger partial charge is 0.248 e. The number of hydrogen-bond donors (Lipinski definition) is 1. The van der Waals surface area contributed by atoms with Crippen molar-refractivity contribution in [2.24, 2.45) is 5.73 Å². The van der Waals surface area contributed by atoms with Crippen molar-refractivity contribution in [3.05, 3.63) is 12.3 Å². The van der Waals surface area contributed by atoms with Crippen LogP contribution in [0, 0.1) is 0 Å². The Hall–Kier alpha value is -1.38. The van der Waals surface area contributed by atoms with Crippen LogP contribution in [-0.2, 0) is 14.6 Å². The normalized spacial score (nSPS) is 22.4. The summed E-state index contributed by atoms with van der Waals surface area (Å²) in [6.07, 6.45) is 1.72. The van der Waals surface area contributed by atoms with E-state index in [9.17, 15) is 13.2 Å². The van der Waals surface area contributed by atoms with Crippen LogP contribution in [0.5, 0.6) is 5.75 Å². The zero-order valence-electron chi connectivity index (χ0n) is 11.2. The fourth-order valence-corrected chi connectivity index (χ4v) is 2.33. The van der Waals surface area contributed by atoms with Crippen LogP contribution in [0.15, 0.2) is 17.2 Å². The number of hydrogen-bond acceptors (Lipinski definition) is 6. The predicted molar refractivity (Wildman–Crippen MR) is 76.1 cm³/mol. The van der Waals surface area contributed by atoms with Crippen LogP contribution in [0.2, 0.25) is 0 Å². The minimum Gasteiger partial charge on any atom is -0.485 e. The molecule has 2 N–H and O–H groups in total. The molecule has 20 heavy (non-hydrogen) atoms. The SMILES string of the molecule is C[C@H]1Oc2cc(S(C)(=O)=O)cnc2N(C)C(=O)[C@H]1N.Cl. The number of pyridine rings is 1. The summed E-state index contributed by atoms with van der Waals surface area (Å²) in [5.74, 6) is 0.169. The van der Waals surface area contributed by atoms with Gasteiger partial charge in [-0.3, -0.25) is 9.69 Å². The Balaban J connectivity index is 0.00000200. The maximum atomic E-state index is 12.0. The molecule has 2 rings (SSSR count). The van der Waals surface area contributed by atoms with Gasteiger partial charge in [0.25, 0.3) is 0 Å². The van der Waals surface area contributed by atoms with E-state index < -0.39 is 22.0 Å². The molecule has 0 bridgehead atoms. The monoisotopic (exact) mass is 321 g/mol. The molecule has 1 aromatic heterocycles. The first kappa shape index (κ1) is 16.7. The molecule has 112 valence electrons. The summed E-state index contributed by atoms with van der Waals surface area (Å²) in [5.41, 5.74) is 5.75. The van der Waals surface area contributed by atoms with E-state index in [-0.39, 0.29) is 34.8 Å². The minimum atomic E-state index is -3.39. The third kappa shape index (κ3) is 2.87. The molecule has 0 aliphatic carbocycles. The molecule has 2 heterocycles. The highest BCUT2D eigenvalue weighted by Gasteiger charge is 2.33. The third-order valence-electron chi connectivity index (χ3n) is 2.99. The Kier molecular flexibility index (Phi) is 4.62. The van der Waals surface area contributed by atoms with Crippen LogP contribution in [0.1, 0.15) is 6.92 Å². The molecular formula is C11H16ClN3O4S. The highest BCUT2D eigenvalue weighted by Crippen LogP contribution is 2.31. The summed E-state index contributed by atoms with van der Waals surface area (Å²) in [6.45, 7) is 1.65. The van der Waals surface area contributed by atoms with Gasteiger partial charge in [0.15, 0.2) is 21.4 Å². The summed E-state index contributed by atoms with van der Waals surface area (Å²) in [6, 6.07) is 0.539. The van der Waals surface area contributed by atoms with Crippen molar-refractivity contribution in [1.29, 1.82) is 0 Å². The van der Waals surface area contributed by atoms with Crippen molar-refractivity contribution in [2.45, 2.75) is 24.0 Å². The summed E-state index contributed by atoms with van der Waals surface area (Å²) in [7, 11) is -1.86. The lowest BCUT2D eigenvalue weighted by Gasteiger charge is -2.17. The third-order valence-corrected chi connectivity index (χ3v) is 4.07. The van der Waals surface area contributed by atoms with E-state index in [1.54, 1.807) is 6.92 Å². The Bertz CT molecular complexity index is 635. The second kappa shape index (κ2) is 5.55. The van der Waals surface area contributed by atoms with Gasteiger partial charge in [0.05, 0.1) is 4.90 Å². The minimum absolute atomic E-state index is 0. The van der Waals surface area contributed by atoms with Gasteiger partial charge in [-0.1, -0.05) is 0 Å². The Morgan fingerprint density at radius 1 is 1.45 bits per heavy atom. The van der Waals surface area contributed by atoms with E-state index in [0.717, 1.165) is 6.26 Å². The molecular weight excluding hydrogens is 306 g/mol. The van der Waals surface area contributed by atoms with Gasteiger partial charge >= 0.3 is 0 Å². The molecule has 2 atom stereocenters. The molecule has 7 nitrogen and oxygen atoms in total. The van der Waals surface area contributed by atoms with Gasteiger partial charge in [0.2, 0.25) is 5.91 Å². The number of carbonyl (C=O) groups is 1. The molecule has 0 spiro atoms. The molecule has 1 aliphatic heterocycles. The van der Waals surface area contributed by atoms with E-state index >= 15 is 0 Å². The number of aromatic nitrogens is 1. The number of nitrogens with zero attached hydrogens (tertiary/aromatic N) is 2. The Labute approximate surface area is 123 Å². The van der Waals surface area contributed by atoms with Gasteiger partial charge in [-0.25, -0.2) is 13.4 Å². The molecule has 1 aromatic rings. The van der Waals surface area contributed by atoms with Crippen molar-refractivity contribution in [3.8, 4) is 5.75 Å². The number of sulfone groups is 1. The van der Waals surface area contributed by atoms with E-state index in [4.69, 9.17) is 10.5 Å². The number of likely N-dealkylation sites (N-methyl/N-ethyl adjacent to an activating group) is 1. The molecule has 0 radical (unpaired) electrons. The summed E-state index contributed by atoms with van der Waals surface area (Å²) in [5, 5.41) is 0. The largest absolute Gasteiger partial charge is 0.485 e. The molecule has 9 heteroatoms. The molecule has 1 aliphatic rings. The van der Waals surface area contributed by atoms with Crippen LogP contribution in [-0.4, -0.2) is 44.8 Å². The number of nitrogens with two attached hydrogens (primary N) is 1. The fraction of sp³-hybridized carbons (Fsp3) is 0.455. The Morgan fingerprint density at radius 2 is 2.05 bits per heavy atom. The van der Waals surface area contributed by atoms with Crippen molar-refractivity contribution in [2.75, 3.05) is 18.2 Å². The number of carbonyl (C=O) groups excluding carboxylic acids is 1. The highest BCUT2D eigenvalue weighted by atomic mass is 35.5. The van der Waals surface area contributed by atoms with Crippen molar-refractivity contribution in [3.63, 3.8) is 0 Å². The van der Waals surface area contributed by atoms with E-state index in [2.05, 4.69) is 4.98 Å². The first-order chi connectivity index (χ1) is 8.71. The van der Waals surface area contributed by atoms with Crippen LogP contribution in [0.25, 0.3) is 0 Å². The lowest BCUT2D eigenvalue weighted by Crippen LogP contribution is -2.48. The quantitative estimate of drug-likeness (QED) is 0.779. The predicted octanol–water partition coefficient (Wildman–Crippen LogP) is -0.0221. The molecule has 0 saturated heterocycles. The van der Waals surface area contributed by atoms with Gasteiger partial charge in [-0.2, -0.15) is 0 Å². The summed E-state index contributed by atoms with van der Waals surface area (Å²) >= 11 is 0. The molecule has 0 fully saturated rings. The number of amides is 1. The number of halogens is 1. The first-order valence-electron chi connectivity index (χ1n) is 5.61. The average molecular weight is 322 g/mol. The van der Waals surface area contributed by atoms with Gasteiger partial charge in [0, 0.05) is 25.6 Å². The molecule has 0 unspecified atom stereocenters. The van der Waals surface area contributed by atoms with Gasteiger partial charge < -0.3 is 10.5 Å². The van der Waals surface area contributed by atoms with Crippen molar-refractivity contribution >= 4 is 34.0 Å². The van der Waals surface area contributed by atoms with Crippen LogP contribution in [0.4, 0.5) is 5.82 Å². The molecule has 0 saturated carbocycles. The van der Waals surface area contributed by atoms with Crippen LogP contribution < -0.4 is 15.4 Å². The molecule has 1 amide bonds. The van der Waals surface area contributed by atoms with E-state index in [0.29, 0.717) is 0 Å². The standard InChI is InChI=1S/C11H15N3O4S.ClH/c1-6-9(12)11(15)14(2)10-8(18-6)4-7(5-13-10)19(3,16)17;/h4-6,9H,12H2,1-3H3;1H/t6-,9+;/m1./s1. The first-order valence-corrected chi connectivity index (χ1v) is 7.51. The van der Waals surface area contributed by atoms with E-state index in [1.807, 2.05) is 0 Å². The number of ether oxygens (including phenoxy) is 1. The van der Waals surface area contributed by atoms with Gasteiger partial charge in [-0.05, 0) is 6.92 Å². The topological polar surface area (TPSA) is 103 Å². The zero-order chi connectivity index (χ0) is 14.4. The lowest BCUT2D eigenvalue weighted by molar-refractivity contribution is -0.120. The summed E-state index contributed by atoms with van der Waals surface area (Å²) < 4.78 is 28.5.